The molecule has 4 aromatic rings. The van der Waals surface area contributed by atoms with Gasteiger partial charge in [-0.1, -0.05) is 30.3 Å². The highest BCUT2D eigenvalue weighted by Gasteiger charge is 2.20. The molecule has 0 bridgehead atoms. The minimum Gasteiger partial charge on any atom is -0.383 e. The first-order valence-corrected chi connectivity index (χ1v) is 11.0. The fraction of sp³-hybridized carbons (Fsp3) is 0.292. The maximum atomic E-state index is 13.4. The Kier molecular flexibility index (Phi) is 5.89. The number of nitrogens with zero attached hydrogens (tertiary/aromatic N) is 3. The number of ether oxygens (including phenoxy) is 1. The summed E-state index contributed by atoms with van der Waals surface area (Å²) in [6.45, 7) is 7.11. The number of hydrogen-bond donors (Lipinski definition) is 0. The van der Waals surface area contributed by atoms with Gasteiger partial charge in [0.05, 0.1) is 24.9 Å². The lowest BCUT2D eigenvalue weighted by molar-refractivity contribution is 0.0969. The number of aryl methyl sites for hydroxylation is 2. The molecule has 0 radical (unpaired) electrons. The first kappa shape index (κ1) is 21.2. The van der Waals surface area contributed by atoms with E-state index in [1.165, 1.54) is 22.2 Å². The predicted octanol–water partition coefficient (Wildman–Crippen LogP) is 4.38. The minimum atomic E-state index is -0.185. The van der Waals surface area contributed by atoms with Gasteiger partial charge in [-0.15, -0.1) is 11.3 Å². The zero-order chi connectivity index (χ0) is 22.1. The molecule has 0 aliphatic rings. The van der Waals surface area contributed by atoms with E-state index in [1.54, 1.807) is 7.11 Å². The number of fused-ring (bicyclic) bond motifs is 1. The second kappa shape index (κ2) is 8.61. The molecule has 0 atom stereocenters. The standard InChI is InChI=1S/C24H25N3O3S/c1-15-12-19(16(2)27(15)10-11-30-4)20(28)13-26-14-25-23-22(24(26)29)21(17(3)31-23)18-8-6-5-7-9-18/h5-9,12,14H,10-11,13H2,1-4H3. The maximum absolute atomic E-state index is 13.4. The highest BCUT2D eigenvalue weighted by molar-refractivity contribution is 7.19. The van der Waals surface area contributed by atoms with Crippen molar-refractivity contribution >= 4 is 27.3 Å². The number of Topliss-reactive ketones (excluding diaryl/α,β-unsaturated/α-hetero) is 1. The fourth-order valence-corrected chi connectivity index (χ4v) is 5.06. The number of ketones is 1. The van der Waals surface area contributed by atoms with Crippen LogP contribution in [0.5, 0.6) is 0 Å². The van der Waals surface area contributed by atoms with Crippen molar-refractivity contribution in [2.45, 2.75) is 33.9 Å². The third kappa shape index (κ3) is 3.86. The zero-order valence-corrected chi connectivity index (χ0v) is 19.0. The number of rotatable bonds is 7. The topological polar surface area (TPSA) is 66.1 Å². The van der Waals surface area contributed by atoms with E-state index in [2.05, 4.69) is 9.55 Å². The average molecular weight is 436 g/mol. The van der Waals surface area contributed by atoms with Crippen LogP contribution in [0.4, 0.5) is 0 Å². The Balaban J connectivity index is 1.73. The van der Waals surface area contributed by atoms with Crippen molar-refractivity contribution in [1.82, 2.24) is 14.1 Å². The lowest BCUT2D eigenvalue weighted by Crippen LogP contribution is -2.25. The summed E-state index contributed by atoms with van der Waals surface area (Å²) < 4.78 is 8.66. The van der Waals surface area contributed by atoms with Gasteiger partial charge < -0.3 is 9.30 Å². The van der Waals surface area contributed by atoms with Crippen LogP contribution >= 0.6 is 11.3 Å². The molecular weight excluding hydrogens is 410 g/mol. The summed E-state index contributed by atoms with van der Waals surface area (Å²) in [6, 6.07) is 11.7. The van der Waals surface area contributed by atoms with Gasteiger partial charge in [0.2, 0.25) is 0 Å². The number of carbonyl (C=O) groups is 1. The van der Waals surface area contributed by atoms with Crippen LogP contribution in [-0.4, -0.2) is 33.6 Å². The third-order valence-corrected chi connectivity index (χ3v) is 6.64. The van der Waals surface area contributed by atoms with Crippen molar-refractivity contribution in [3.8, 4) is 11.1 Å². The van der Waals surface area contributed by atoms with Crippen LogP contribution in [0.25, 0.3) is 21.3 Å². The molecule has 160 valence electrons. The average Bonchev–Trinajstić information content (AvgIpc) is 3.25. The van der Waals surface area contributed by atoms with Gasteiger partial charge in [-0.25, -0.2) is 4.98 Å². The van der Waals surface area contributed by atoms with E-state index in [1.807, 2.05) is 57.2 Å². The second-order valence-corrected chi connectivity index (χ2v) is 8.81. The molecule has 3 heterocycles. The lowest BCUT2D eigenvalue weighted by Gasteiger charge is -2.09. The van der Waals surface area contributed by atoms with Gasteiger partial charge in [-0.05, 0) is 32.4 Å². The van der Waals surface area contributed by atoms with Crippen molar-refractivity contribution in [3.05, 3.63) is 74.9 Å². The second-order valence-electron chi connectivity index (χ2n) is 7.61. The normalized spacial score (nSPS) is 11.4. The van der Waals surface area contributed by atoms with Crippen molar-refractivity contribution in [1.29, 1.82) is 0 Å². The molecule has 0 fully saturated rings. The minimum absolute atomic E-state index is 0.0422. The predicted molar refractivity (Wildman–Crippen MR) is 124 cm³/mol. The molecule has 6 nitrogen and oxygen atoms in total. The number of methoxy groups -OCH3 is 1. The van der Waals surface area contributed by atoms with E-state index in [0.717, 1.165) is 27.4 Å². The van der Waals surface area contributed by atoms with Crippen LogP contribution in [0.3, 0.4) is 0 Å². The molecule has 0 unspecified atom stereocenters. The van der Waals surface area contributed by atoms with Gasteiger partial charge >= 0.3 is 0 Å². The number of carbonyl (C=O) groups excluding carboxylic acids is 1. The van der Waals surface area contributed by atoms with E-state index < -0.39 is 0 Å². The molecule has 0 aliphatic heterocycles. The third-order valence-electron chi connectivity index (χ3n) is 5.62. The van der Waals surface area contributed by atoms with Crippen molar-refractivity contribution in [2.75, 3.05) is 13.7 Å². The molecule has 31 heavy (non-hydrogen) atoms. The Morgan fingerprint density at radius 1 is 1.16 bits per heavy atom. The lowest BCUT2D eigenvalue weighted by atomic mass is 10.0. The largest absolute Gasteiger partial charge is 0.383 e. The molecule has 0 saturated carbocycles. The highest BCUT2D eigenvalue weighted by Crippen LogP contribution is 2.35. The van der Waals surface area contributed by atoms with Crippen LogP contribution < -0.4 is 5.56 Å². The molecule has 0 spiro atoms. The first-order chi connectivity index (χ1) is 14.9. The first-order valence-electron chi connectivity index (χ1n) is 10.1. The molecule has 0 amide bonds. The molecule has 1 aromatic carbocycles. The fourth-order valence-electron chi connectivity index (χ4n) is 4.05. The van der Waals surface area contributed by atoms with E-state index in [4.69, 9.17) is 4.74 Å². The summed E-state index contributed by atoms with van der Waals surface area (Å²) in [5.41, 5.74) is 4.21. The monoisotopic (exact) mass is 435 g/mol. The summed E-state index contributed by atoms with van der Waals surface area (Å²) in [7, 11) is 1.66. The Hall–Kier alpha value is -3.03. The van der Waals surface area contributed by atoms with E-state index in [0.29, 0.717) is 28.9 Å². The molecule has 0 aliphatic carbocycles. The number of aromatic nitrogens is 3. The number of benzene rings is 1. The van der Waals surface area contributed by atoms with Gasteiger partial charge in [0, 0.05) is 41.0 Å². The Morgan fingerprint density at radius 3 is 2.61 bits per heavy atom. The summed E-state index contributed by atoms with van der Waals surface area (Å²) in [5, 5.41) is 0.578. The van der Waals surface area contributed by atoms with Crippen molar-refractivity contribution in [3.63, 3.8) is 0 Å². The highest BCUT2D eigenvalue weighted by atomic mass is 32.1. The molecule has 3 aromatic heterocycles. The molecule has 7 heteroatoms. The van der Waals surface area contributed by atoms with Crippen LogP contribution in [-0.2, 0) is 17.8 Å². The Morgan fingerprint density at radius 2 is 1.90 bits per heavy atom. The van der Waals surface area contributed by atoms with E-state index >= 15 is 0 Å². The molecule has 0 saturated heterocycles. The van der Waals surface area contributed by atoms with Crippen LogP contribution in [0.15, 0.2) is 47.5 Å². The quantitative estimate of drug-likeness (QED) is 0.404. The maximum Gasteiger partial charge on any atom is 0.263 e. The smallest absolute Gasteiger partial charge is 0.263 e. The summed E-state index contributed by atoms with van der Waals surface area (Å²) in [6.07, 6.45) is 1.48. The van der Waals surface area contributed by atoms with Crippen LogP contribution in [0.2, 0.25) is 0 Å². The van der Waals surface area contributed by atoms with Crippen LogP contribution in [0.1, 0.15) is 26.6 Å². The van der Waals surface area contributed by atoms with Gasteiger partial charge in [0.1, 0.15) is 4.83 Å². The molecular formula is C24H25N3O3S. The van der Waals surface area contributed by atoms with Crippen molar-refractivity contribution < 1.29 is 9.53 Å². The summed E-state index contributed by atoms with van der Waals surface area (Å²) in [4.78, 5) is 32.7. The molecule has 0 N–H and O–H groups in total. The summed E-state index contributed by atoms with van der Waals surface area (Å²) >= 11 is 1.50. The SMILES string of the molecule is COCCn1c(C)cc(C(=O)Cn2cnc3sc(C)c(-c4ccccc4)c3c2=O)c1C. The molecule has 4 rings (SSSR count). The Bertz CT molecular complexity index is 1320. The zero-order valence-electron chi connectivity index (χ0n) is 18.1. The van der Waals surface area contributed by atoms with Gasteiger partial charge in [0.15, 0.2) is 5.78 Å². The number of thiophene rings is 1. The van der Waals surface area contributed by atoms with E-state index in [9.17, 15) is 9.59 Å². The van der Waals surface area contributed by atoms with Gasteiger partial charge in [-0.3, -0.25) is 14.2 Å². The van der Waals surface area contributed by atoms with E-state index in [-0.39, 0.29) is 17.9 Å². The summed E-state index contributed by atoms with van der Waals surface area (Å²) in [5.74, 6) is -0.103. The van der Waals surface area contributed by atoms with Crippen molar-refractivity contribution in [2.24, 2.45) is 0 Å². The van der Waals surface area contributed by atoms with Gasteiger partial charge in [0.25, 0.3) is 5.56 Å². The van der Waals surface area contributed by atoms with Gasteiger partial charge in [-0.2, -0.15) is 0 Å². The Labute approximate surface area is 184 Å². The number of hydrogen-bond acceptors (Lipinski definition) is 5. The van der Waals surface area contributed by atoms with Crippen LogP contribution in [0, 0.1) is 20.8 Å².